The van der Waals surface area contributed by atoms with E-state index in [9.17, 15) is 0 Å². The summed E-state index contributed by atoms with van der Waals surface area (Å²) in [5.41, 5.74) is 14.4. The number of hydrogen-bond acceptors (Lipinski definition) is 0. The molecule has 1 aromatic heterocycles. The lowest BCUT2D eigenvalue weighted by Crippen LogP contribution is -2.23. The Hall–Kier alpha value is -4.62. The number of rotatable bonds is 3. The van der Waals surface area contributed by atoms with Crippen molar-refractivity contribution in [2.24, 2.45) is 0 Å². The number of aromatic nitrogens is 1. The third kappa shape index (κ3) is 3.14. The van der Waals surface area contributed by atoms with E-state index in [0.29, 0.717) is 0 Å². The summed E-state index contributed by atoms with van der Waals surface area (Å²) >= 11 is 0. The molecule has 0 amide bonds. The van der Waals surface area contributed by atoms with Crippen molar-refractivity contribution in [3.63, 3.8) is 0 Å². The van der Waals surface area contributed by atoms with Crippen molar-refractivity contribution >= 4 is 17.0 Å². The van der Waals surface area contributed by atoms with Crippen LogP contribution < -0.4 is 0 Å². The molecule has 0 fully saturated rings. The van der Waals surface area contributed by atoms with Gasteiger partial charge in [-0.25, -0.2) is 0 Å². The maximum atomic E-state index is 2.59. The van der Waals surface area contributed by atoms with Gasteiger partial charge in [-0.1, -0.05) is 121 Å². The first-order chi connectivity index (χ1) is 19.2. The second kappa shape index (κ2) is 8.44. The average Bonchev–Trinajstić information content (AvgIpc) is 3.49. The molecule has 0 bridgehead atoms. The van der Waals surface area contributed by atoms with Crippen LogP contribution in [0.5, 0.6) is 0 Å². The predicted molar refractivity (Wildman–Crippen MR) is 163 cm³/mol. The molecule has 5 aromatic carbocycles. The van der Waals surface area contributed by atoms with Crippen molar-refractivity contribution in [3.8, 4) is 27.9 Å². The number of hydrogen-bond donors (Lipinski definition) is 0. The predicted octanol–water partition coefficient (Wildman–Crippen LogP) is 9.59. The Balaban J connectivity index is 1.50. The van der Waals surface area contributed by atoms with E-state index >= 15 is 0 Å². The van der Waals surface area contributed by atoms with Crippen molar-refractivity contribution in [1.29, 1.82) is 0 Å². The van der Waals surface area contributed by atoms with Crippen LogP contribution in [-0.2, 0) is 11.8 Å². The summed E-state index contributed by atoms with van der Waals surface area (Å²) in [6.45, 7) is 2.43. The van der Waals surface area contributed by atoms with Gasteiger partial charge in [-0.3, -0.25) is 0 Å². The average molecular weight is 500 g/mol. The van der Waals surface area contributed by atoms with E-state index in [0.717, 1.165) is 12.8 Å². The summed E-state index contributed by atoms with van der Waals surface area (Å²) in [6.07, 6.45) is 6.80. The standard InChI is InChI=1S/C38H29N/c1-38(28-16-6-3-7-17-28)34-21-10-8-19-30(34)32-23-24-33-31-20-9-11-22-35(31)39(37(33)36(32)38)29-18-12-15-27(25-29)26-13-4-2-5-14-26/h2-10,12-21,23-25H,11,22H2,1H3. The molecule has 39 heavy (non-hydrogen) atoms. The maximum Gasteiger partial charge on any atom is 0.0588 e. The van der Waals surface area contributed by atoms with E-state index in [1.807, 2.05) is 0 Å². The van der Waals surface area contributed by atoms with Gasteiger partial charge in [-0.2, -0.15) is 0 Å². The molecule has 2 aliphatic carbocycles. The Labute approximate surface area is 229 Å². The van der Waals surface area contributed by atoms with E-state index in [-0.39, 0.29) is 5.41 Å². The van der Waals surface area contributed by atoms with E-state index in [1.165, 1.54) is 66.8 Å². The summed E-state index contributed by atoms with van der Waals surface area (Å²) < 4.78 is 2.59. The maximum absolute atomic E-state index is 2.59. The zero-order chi connectivity index (χ0) is 26.0. The molecule has 8 rings (SSSR count). The first-order valence-corrected chi connectivity index (χ1v) is 13.9. The molecule has 1 nitrogen and oxygen atoms in total. The highest BCUT2D eigenvalue weighted by atomic mass is 15.0. The topological polar surface area (TPSA) is 4.93 Å². The molecular weight excluding hydrogens is 470 g/mol. The van der Waals surface area contributed by atoms with Crippen molar-refractivity contribution in [2.45, 2.75) is 25.2 Å². The van der Waals surface area contributed by atoms with Crippen LogP contribution in [0, 0.1) is 0 Å². The SMILES string of the molecule is CC1(c2ccccc2)c2ccccc2-c2ccc3c4c(n(-c5cccc(-c6ccccc6)c5)c3c21)CCC=C4. The summed E-state index contributed by atoms with van der Waals surface area (Å²) in [6, 6.07) is 44.6. The van der Waals surface area contributed by atoms with Crippen LogP contribution in [0.1, 0.15) is 41.3 Å². The number of nitrogens with zero attached hydrogens (tertiary/aromatic N) is 1. The lowest BCUT2D eigenvalue weighted by molar-refractivity contribution is 0.716. The van der Waals surface area contributed by atoms with Gasteiger partial charge >= 0.3 is 0 Å². The zero-order valence-electron chi connectivity index (χ0n) is 22.1. The van der Waals surface area contributed by atoms with E-state index in [2.05, 4.69) is 145 Å². The first kappa shape index (κ1) is 22.4. The third-order valence-electron chi connectivity index (χ3n) is 8.92. The highest BCUT2D eigenvalue weighted by Gasteiger charge is 2.43. The lowest BCUT2D eigenvalue weighted by Gasteiger charge is -2.29. The molecule has 0 saturated carbocycles. The Kier molecular flexibility index (Phi) is 4.84. The highest BCUT2D eigenvalue weighted by Crippen LogP contribution is 2.55. The number of allylic oxidation sites excluding steroid dienone is 1. The van der Waals surface area contributed by atoms with Crippen LogP contribution in [0.2, 0.25) is 0 Å². The Morgan fingerprint density at radius 1 is 0.667 bits per heavy atom. The van der Waals surface area contributed by atoms with Crippen LogP contribution in [0.4, 0.5) is 0 Å². The number of fused-ring (bicyclic) bond motifs is 7. The van der Waals surface area contributed by atoms with E-state index in [4.69, 9.17) is 0 Å². The quantitative estimate of drug-likeness (QED) is 0.228. The monoisotopic (exact) mass is 499 g/mol. The Morgan fingerprint density at radius 3 is 2.26 bits per heavy atom. The molecule has 0 saturated heterocycles. The summed E-state index contributed by atoms with van der Waals surface area (Å²) in [4.78, 5) is 0. The van der Waals surface area contributed by atoms with Gasteiger partial charge in [0.15, 0.2) is 0 Å². The molecule has 1 heteroatoms. The van der Waals surface area contributed by atoms with Crippen molar-refractivity contribution in [2.75, 3.05) is 0 Å². The van der Waals surface area contributed by atoms with Crippen LogP contribution in [-0.4, -0.2) is 4.57 Å². The fourth-order valence-corrected chi connectivity index (χ4v) is 7.14. The molecule has 1 unspecified atom stereocenters. The highest BCUT2D eigenvalue weighted by molar-refractivity contribution is 6.03. The van der Waals surface area contributed by atoms with Crippen molar-refractivity contribution in [3.05, 3.63) is 155 Å². The summed E-state index contributed by atoms with van der Waals surface area (Å²) in [7, 11) is 0. The molecule has 6 aromatic rings. The Bertz CT molecular complexity index is 1910. The first-order valence-electron chi connectivity index (χ1n) is 13.9. The van der Waals surface area contributed by atoms with Crippen LogP contribution in [0.15, 0.2) is 127 Å². The number of benzene rings is 5. The molecule has 2 aliphatic rings. The van der Waals surface area contributed by atoms with Crippen LogP contribution in [0.25, 0.3) is 44.9 Å². The van der Waals surface area contributed by atoms with Gasteiger partial charge in [-0.15, -0.1) is 0 Å². The molecule has 0 spiro atoms. The molecule has 186 valence electrons. The molecule has 1 heterocycles. The van der Waals surface area contributed by atoms with Gasteiger partial charge in [0.05, 0.1) is 5.52 Å². The van der Waals surface area contributed by atoms with Gasteiger partial charge in [0, 0.05) is 27.7 Å². The fraction of sp³-hybridized carbons (Fsp3) is 0.105. The fourth-order valence-electron chi connectivity index (χ4n) is 7.14. The zero-order valence-corrected chi connectivity index (χ0v) is 22.1. The minimum Gasteiger partial charge on any atom is -0.313 e. The summed E-state index contributed by atoms with van der Waals surface area (Å²) in [5.74, 6) is 0. The van der Waals surface area contributed by atoms with E-state index < -0.39 is 0 Å². The molecule has 0 radical (unpaired) electrons. The van der Waals surface area contributed by atoms with Gasteiger partial charge in [-0.05, 0) is 70.8 Å². The smallest absolute Gasteiger partial charge is 0.0588 e. The third-order valence-corrected chi connectivity index (χ3v) is 8.92. The van der Waals surface area contributed by atoms with Crippen molar-refractivity contribution in [1.82, 2.24) is 4.57 Å². The van der Waals surface area contributed by atoms with Crippen molar-refractivity contribution < 1.29 is 0 Å². The van der Waals surface area contributed by atoms with Crippen LogP contribution >= 0.6 is 0 Å². The lowest BCUT2D eigenvalue weighted by atomic mass is 9.73. The van der Waals surface area contributed by atoms with E-state index in [1.54, 1.807) is 0 Å². The van der Waals surface area contributed by atoms with Gasteiger partial charge in [0.2, 0.25) is 0 Å². The Morgan fingerprint density at radius 2 is 1.41 bits per heavy atom. The second-order valence-corrected chi connectivity index (χ2v) is 11.0. The van der Waals surface area contributed by atoms with Gasteiger partial charge in [0.25, 0.3) is 0 Å². The van der Waals surface area contributed by atoms with Gasteiger partial charge < -0.3 is 4.57 Å². The molecular formula is C38H29N. The largest absolute Gasteiger partial charge is 0.313 e. The van der Waals surface area contributed by atoms with Crippen LogP contribution in [0.3, 0.4) is 0 Å². The minimum atomic E-state index is -0.258. The molecule has 1 atom stereocenters. The normalized spacial score (nSPS) is 17.2. The van der Waals surface area contributed by atoms with Gasteiger partial charge in [0.1, 0.15) is 0 Å². The summed E-state index contributed by atoms with van der Waals surface area (Å²) in [5, 5.41) is 1.35. The molecule has 0 N–H and O–H groups in total. The molecule has 0 aliphatic heterocycles. The second-order valence-electron chi connectivity index (χ2n) is 11.0. The minimum absolute atomic E-state index is 0.258.